The van der Waals surface area contributed by atoms with Crippen molar-refractivity contribution in [1.29, 1.82) is 0 Å². The third-order valence-corrected chi connectivity index (χ3v) is 6.60. The summed E-state index contributed by atoms with van der Waals surface area (Å²) in [7, 11) is 3.62. The van der Waals surface area contributed by atoms with Crippen LogP contribution >= 0.6 is 0 Å². The minimum absolute atomic E-state index is 0.395. The fraction of sp³-hybridized carbons (Fsp3) is 0.556. The van der Waals surface area contributed by atoms with Crippen LogP contribution in [0.5, 0.6) is 0 Å². The zero-order valence-corrected chi connectivity index (χ0v) is 12.0. The first-order valence-electron chi connectivity index (χ1n) is 7.69. The van der Waals surface area contributed by atoms with Crippen molar-refractivity contribution in [3.8, 4) is 0 Å². The molecular weight excluding hydrogens is 248 g/mol. The van der Waals surface area contributed by atoms with Crippen LogP contribution in [0.4, 0.5) is 0 Å². The van der Waals surface area contributed by atoms with Crippen LogP contribution < -0.4 is 0 Å². The van der Waals surface area contributed by atoms with Crippen molar-refractivity contribution in [2.45, 2.75) is 24.0 Å². The number of hydrogen-bond acceptors (Lipinski definition) is 2. The summed E-state index contributed by atoms with van der Waals surface area (Å²) in [6, 6.07) is 9.06. The molecule has 0 radical (unpaired) electrons. The molecule has 2 nitrogen and oxygen atoms in total. The molecule has 1 aromatic rings. The first-order chi connectivity index (χ1) is 9.81. The van der Waals surface area contributed by atoms with Crippen molar-refractivity contribution in [2.75, 3.05) is 14.2 Å². The van der Waals surface area contributed by atoms with E-state index in [9.17, 15) is 0 Å². The number of methoxy groups -OCH3 is 2. The fourth-order valence-electron chi connectivity index (χ4n) is 6.11. The normalized spacial score (nSPS) is 44.9. The molecule has 4 aliphatic rings. The number of fused-ring (bicyclic) bond motifs is 12. The van der Waals surface area contributed by atoms with Gasteiger partial charge in [0.2, 0.25) is 0 Å². The SMILES string of the molecule is COC1(OC)[C@H]2C=C[C@H]1[C@@H]1[C@@H]2[C@@H]2C[C@@H]1c1ccccc12. The van der Waals surface area contributed by atoms with Gasteiger partial charge in [-0.2, -0.15) is 0 Å². The molecule has 4 aliphatic carbocycles. The van der Waals surface area contributed by atoms with Crippen LogP contribution in [0.3, 0.4) is 0 Å². The van der Waals surface area contributed by atoms with Crippen LogP contribution in [0.1, 0.15) is 29.4 Å². The van der Waals surface area contributed by atoms with Crippen molar-refractivity contribution in [1.82, 2.24) is 0 Å². The molecule has 0 aromatic heterocycles. The van der Waals surface area contributed by atoms with E-state index in [-0.39, 0.29) is 0 Å². The van der Waals surface area contributed by atoms with Gasteiger partial charge in [-0.1, -0.05) is 36.4 Å². The third kappa shape index (κ3) is 1.01. The number of hydrogen-bond donors (Lipinski definition) is 0. The average molecular weight is 268 g/mol. The minimum Gasteiger partial charge on any atom is -0.352 e. The van der Waals surface area contributed by atoms with Gasteiger partial charge in [0.15, 0.2) is 5.79 Å². The molecule has 2 fully saturated rings. The van der Waals surface area contributed by atoms with Crippen LogP contribution in [-0.2, 0) is 9.47 Å². The van der Waals surface area contributed by atoms with Crippen molar-refractivity contribution < 1.29 is 9.47 Å². The highest BCUT2D eigenvalue weighted by molar-refractivity contribution is 5.47. The highest BCUT2D eigenvalue weighted by Crippen LogP contribution is 2.72. The molecule has 0 N–H and O–H groups in total. The van der Waals surface area contributed by atoms with Crippen molar-refractivity contribution in [2.24, 2.45) is 23.7 Å². The Kier molecular flexibility index (Phi) is 2.05. The molecule has 0 aliphatic heterocycles. The molecule has 6 atom stereocenters. The molecule has 0 unspecified atom stereocenters. The van der Waals surface area contributed by atoms with Crippen molar-refractivity contribution in [3.05, 3.63) is 47.5 Å². The van der Waals surface area contributed by atoms with Crippen molar-refractivity contribution >= 4 is 0 Å². The van der Waals surface area contributed by atoms with E-state index in [0.29, 0.717) is 35.5 Å². The van der Waals surface area contributed by atoms with Crippen LogP contribution in [0.2, 0.25) is 0 Å². The average Bonchev–Trinajstić information content (AvgIpc) is 3.22. The zero-order chi connectivity index (χ0) is 13.5. The second-order valence-corrected chi connectivity index (χ2v) is 6.80. The summed E-state index contributed by atoms with van der Waals surface area (Å²) in [5.41, 5.74) is 3.20. The summed E-state index contributed by atoms with van der Waals surface area (Å²) in [4.78, 5) is 0. The molecule has 2 saturated carbocycles. The summed E-state index contributed by atoms with van der Waals surface area (Å²) in [5, 5.41) is 0. The van der Waals surface area contributed by atoms with Gasteiger partial charge >= 0.3 is 0 Å². The van der Waals surface area contributed by atoms with Gasteiger partial charge in [-0.25, -0.2) is 0 Å². The van der Waals surface area contributed by atoms with E-state index in [2.05, 4.69) is 36.4 Å². The lowest BCUT2D eigenvalue weighted by molar-refractivity contribution is -0.235. The Morgan fingerprint density at radius 3 is 1.85 bits per heavy atom. The predicted molar refractivity (Wildman–Crippen MR) is 76.4 cm³/mol. The second-order valence-electron chi connectivity index (χ2n) is 6.80. The molecule has 2 heteroatoms. The monoisotopic (exact) mass is 268 g/mol. The lowest BCUT2D eigenvalue weighted by Crippen LogP contribution is -2.41. The van der Waals surface area contributed by atoms with E-state index < -0.39 is 5.79 Å². The largest absolute Gasteiger partial charge is 0.352 e. The van der Waals surface area contributed by atoms with Crippen LogP contribution in [0, 0.1) is 23.7 Å². The molecule has 0 amide bonds. The lowest BCUT2D eigenvalue weighted by atomic mass is 9.71. The summed E-state index contributed by atoms with van der Waals surface area (Å²) in [6.07, 6.45) is 6.07. The first kappa shape index (κ1) is 11.5. The van der Waals surface area contributed by atoms with Gasteiger partial charge in [0.25, 0.3) is 0 Å². The Morgan fingerprint density at radius 1 is 0.900 bits per heavy atom. The van der Waals surface area contributed by atoms with Gasteiger partial charge in [0, 0.05) is 26.1 Å². The Balaban J connectivity index is 1.66. The van der Waals surface area contributed by atoms with Gasteiger partial charge in [-0.15, -0.1) is 0 Å². The van der Waals surface area contributed by atoms with E-state index >= 15 is 0 Å². The minimum atomic E-state index is -0.395. The third-order valence-electron chi connectivity index (χ3n) is 6.60. The molecule has 104 valence electrons. The molecule has 0 heterocycles. The summed E-state index contributed by atoms with van der Waals surface area (Å²) < 4.78 is 11.8. The summed E-state index contributed by atoms with van der Waals surface area (Å²) >= 11 is 0. The number of rotatable bonds is 2. The quantitative estimate of drug-likeness (QED) is 0.465. The second kappa shape index (κ2) is 3.55. The van der Waals surface area contributed by atoms with Gasteiger partial charge in [-0.3, -0.25) is 0 Å². The Labute approximate surface area is 119 Å². The lowest BCUT2D eigenvalue weighted by Gasteiger charge is -2.33. The molecule has 20 heavy (non-hydrogen) atoms. The Hall–Kier alpha value is -1.12. The van der Waals surface area contributed by atoms with Gasteiger partial charge in [0.05, 0.1) is 0 Å². The summed E-state index contributed by atoms with van der Waals surface area (Å²) in [6.45, 7) is 0. The van der Waals surface area contributed by atoms with Gasteiger partial charge < -0.3 is 9.47 Å². The molecule has 0 spiro atoms. The van der Waals surface area contributed by atoms with E-state index in [1.807, 2.05) is 14.2 Å². The first-order valence-corrected chi connectivity index (χ1v) is 7.69. The van der Waals surface area contributed by atoms with Crippen LogP contribution in [-0.4, -0.2) is 20.0 Å². The van der Waals surface area contributed by atoms with E-state index in [1.165, 1.54) is 6.42 Å². The molecule has 1 aromatic carbocycles. The highest BCUT2D eigenvalue weighted by atomic mass is 16.7. The molecular formula is C18H20O2. The topological polar surface area (TPSA) is 18.5 Å². The summed E-state index contributed by atoms with van der Waals surface area (Å²) in [5.74, 6) is 3.31. The Morgan fingerprint density at radius 2 is 1.40 bits per heavy atom. The number of benzene rings is 1. The highest BCUT2D eigenvalue weighted by Gasteiger charge is 2.70. The number of ether oxygens (including phenoxy) is 2. The smallest absolute Gasteiger partial charge is 0.180 e. The van der Waals surface area contributed by atoms with Crippen LogP contribution in [0.15, 0.2) is 36.4 Å². The van der Waals surface area contributed by atoms with Crippen LogP contribution in [0.25, 0.3) is 0 Å². The molecule has 4 bridgehead atoms. The maximum absolute atomic E-state index is 5.91. The Bertz CT molecular complexity index is 554. The van der Waals surface area contributed by atoms with Crippen molar-refractivity contribution in [3.63, 3.8) is 0 Å². The maximum atomic E-state index is 5.91. The van der Waals surface area contributed by atoms with E-state index in [1.54, 1.807) is 11.1 Å². The van der Waals surface area contributed by atoms with Gasteiger partial charge in [0.1, 0.15) is 0 Å². The predicted octanol–water partition coefficient (Wildman–Crippen LogP) is 3.31. The van der Waals surface area contributed by atoms with Gasteiger partial charge in [-0.05, 0) is 41.2 Å². The molecule has 5 rings (SSSR count). The molecule has 0 saturated heterocycles. The standard InChI is InChI=1S/C18H20O2/c1-19-18(20-2)14-7-8-15(18)17-13-9-12(16(14)17)10-5-3-4-6-11(10)13/h3-8,12-17H,9H2,1-2H3/t12-,13-,14+,15+,16-,17-/m1/s1. The zero-order valence-electron chi connectivity index (χ0n) is 12.0. The van der Waals surface area contributed by atoms with E-state index in [4.69, 9.17) is 9.47 Å². The van der Waals surface area contributed by atoms with E-state index in [0.717, 1.165) is 0 Å². The fourth-order valence-corrected chi connectivity index (χ4v) is 6.11. The maximum Gasteiger partial charge on any atom is 0.180 e.